The fraction of sp³-hybridized carbons (Fsp3) is 0.474. The minimum absolute atomic E-state index is 0.0611. The van der Waals surface area contributed by atoms with Crippen LogP contribution in [0.1, 0.15) is 25.7 Å². The largest absolute Gasteiger partial charge is 0.494 e. The predicted molar refractivity (Wildman–Crippen MR) is 95.4 cm³/mol. The first-order valence-corrected chi connectivity index (χ1v) is 8.81. The van der Waals surface area contributed by atoms with Crippen molar-refractivity contribution in [3.05, 3.63) is 36.7 Å². The van der Waals surface area contributed by atoms with Gasteiger partial charge in [0.2, 0.25) is 5.91 Å². The lowest BCUT2D eigenvalue weighted by Gasteiger charge is -2.11. The highest BCUT2D eigenvalue weighted by Crippen LogP contribution is 2.21. The maximum absolute atomic E-state index is 11.8. The molecule has 0 radical (unpaired) electrons. The molecule has 1 N–H and O–H groups in total. The topological polar surface area (TPSA) is 65.4 Å². The number of rotatable bonds is 8. The van der Waals surface area contributed by atoms with Crippen LogP contribution in [0.25, 0.3) is 11.1 Å². The number of aromatic nitrogens is 2. The summed E-state index contributed by atoms with van der Waals surface area (Å²) in [4.78, 5) is 11.8. The second-order valence-electron chi connectivity index (χ2n) is 6.32. The Bertz CT molecular complexity index is 675. The summed E-state index contributed by atoms with van der Waals surface area (Å²) < 4.78 is 13.0. The minimum atomic E-state index is 0.0611. The summed E-state index contributed by atoms with van der Waals surface area (Å²) in [6.45, 7) is 1.96. The average Bonchev–Trinajstić information content (AvgIpc) is 3.29. The minimum Gasteiger partial charge on any atom is -0.494 e. The van der Waals surface area contributed by atoms with Gasteiger partial charge in [0, 0.05) is 38.4 Å². The molecule has 2 heterocycles. The molecule has 0 spiro atoms. The van der Waals surface area contributed by atoms with E-state index in [0.717, 1.165) is 36.3 Å². The molecule has 1 aromatic carbocycles. The highest BCUT2D eigenvalue weighted by atomic mass is 16.5. The smallest absolute Gasteiger partial charge is 0.220 e. The van der Waals surface area contributed by atoms with Crippen LogP contribution < -0.4 is 10.1 Å². The monoisotopic (exact) mass is 343 g/mol. The van der Waals surface area contributed by atoms with Crippen molar-refractivity contribution >= 4 is 5.91 Å². The standard InChI is InChI=1S/C19H25N3O3/c1-22-14-16(12-21-22)15-6-8-17(9-7-15)24-11-3-5-19(23)20-13-18-4-2-10-25-18/h6-9,12,14,18H,2-5,10-11,13H2,1H3,(H,20,23)/t18-/m0/s1. The number of hydrogen-bond acceptors (Lipinski definition) is 4. The summed E-state index contributed by atoms with van der Waals surface area (Å²) in [5.41, 5.74) is 2.19. The molecule has 3 rings (SSSR count). The normalized spacial score (nSPS) is 16.8. The van der Waals surface area contributed by atoms with Crippen molar-refractivity contribution in [1.82, 2.24) is 15.1 Å². The number of benzene rings is 1. The van der Waals surface area contributed by atoms with E-state index in [0.29, 0.717) is 26.0 Å². The Balaban J connectivity index is 1.33. The van der Waals surface area contributed by atoms with E-state index in [2.05, 4.69) is 10.4 Å². The number of nitrogens with one attached hydrogen (secondary N) is 1. The summed E-state index contributed by atoms with van der Waals surface area (Å²) in [6, 6.07) is 7.92. The van der Waals surface area contributed by atoms with Crippen molar-refractivity contribution in [2.75, 3.05) is 19.8 Å². The van der Waals surface area contributed by atoms with Gasteiger partial charge in [-0.05, 0) is 37.0 Å². The Labute approximate surface area is 148 Å². The Kier molecular flexibility index (Phi) is 6.06. The van der Waals surface area contributed by atoms with Gasteiger partial charge in [0.15, 0.2) is 0 Å². The molecule has 1 amide bonds. The van der Waals surface area contributed by atoms with Gasteiger partial charge in [-0.3, -0.25) is 9.48 Å². The van der Waals surface area contributed by atoms with Gasteiger partial charge in [0.25, 0.3) is 0 Å². The Morgan fingerprint density at radius 2 is 2.20 bits per heavy atom. The number of nitrogens with zero attached hydrogens (tertiary/aromatic N) is 2. The number of aryl methyl sites for hydroxylation is 1. The highest BCUT2D eigenvalue weighted by Gasteiger charge is 2.15. The SMILES string of the molecule is Cn1cc(-c2ccc(OCCCC(=O)NC[C@@H]3CCCO3)cc2)cn1. The van der Waals surface area contributed by atoms with E-state index >= 15 is 0 Å². The number of carbonyl (C=O) groups is 1. The van der Waals surface area contributed by atoms with Gasteiger partial charge < -0.3 is 14.8 Å². The molecule has 2 aromatic rings. The third kappa shape index (κ3) is 5.32. The van der Waals surface area contributed by atoms with Gasteiger partial charge >= 0.3 is 0 Å². The van der Waals surface area contributed by atoms with E-state index in [1.807, 2.05) is 43.7 Å². The van der Waals surface area contributed by atoms with Crippen molar-refractivity contribution in [1.29, 1.82) is 0 Å². The molecule has 0 aliphatic carbocycles. The molecule has 1 saturated heterocycles. The van der Waals surface area contributed by atoms with Gasteiger partial charge in [0.05, 0.1) is 18.9 Å². The summed E-state index contributed by atoms with van der Waals surface area (Å²) in [7, 11) is 1.90. The lowest BCUT2D eigenvalue weighted by Crippen LogP contribution is -2.31. The number of ether oxygens (including phenoxy) is 2. The van der Waals surface area contributed by atoms with E-state index < -0.39 is 0 Å². The zero-order chi connectivity index (χ0) is 17.5. The van der Waals surface area contributed by atoms with Crippen molar-refractivity contribution in [2.24, 2.45) is 7.05 Å². The van der Waals surface area contributed by atoms with Gasteiger partial charge in [0.1, 0.15) is 5.75 Å². The predicted octanol–water partition coefficient (Wildman–Crippen LogP) is 2.54. The maximum atomic E-state index is 11.8. The van der Waals surface area contributed by atoms with Crippen molar-refractivity contribution in [2.45, 2.75) is 31.8 Å². The van der Waals surface area contributed by atoms with Crippen LogP contribution in [0.15, 0.2) is 36.7 Å². The van der Waals surface area contributed by atoms with E-state index in [4.69, 9.17) is 9.47 Å². The number of carbonyl (C=O) groups excluding carboxylic acids is 1. The van der Waals surface area contributed by atoms with Crippen LogP contribution in [0.5, 0.6) is 5.75 Å². The summed E-state index contributed by atoms with van der Waals surface area (Å²) in [5.74, 6) is 0.874. The fourth-order valence-corrected chi connectivity index (χ4v) is 2.86. The highest BCUT2D eigenvalue weighted by molar-refractivity contribution is 5.75. The lowest BCUT2D eigenvalue weighted by atomic mass is 10.1. The van der Waals surface area contributed by atoms with Gasteiger partial charge in [-0.25, -0.2) is 0 Å². The quantitative estimate of drug-likeness (QED) is 0.748. The Morgan fingerprint density at radius 1 is 1.36 bits per heavy atom. The van der Waals surface area contributed by atoms with Crippen molar-refractivity contribution in [3.63, 3.8) is 0 Å². The molecule has 0 bridgehead atoms. The molecule has 1 atom stereocenters. The van der Waals surface area contributed by atoms with Crippen LogP contribution in [0, 0.1) is 0 Å². The second-order valence-corrected chi connectivity index (χ2v) is 6.32. The van der Waals surface area contributed by atoms with Crippen LogP contribution in [-0.4, -0.2) is 41.6 Å². The van der Waals surface area contributed by atoms with E-state index in [1.165, 1.54) is 0 Å². The summed E-state index contributed by atoms with van der Waals surface area (Å²) >= 11 is 0. The van der Waals surface area contributed by atoms with Crippen LogP contribution in [-0.2, 0) is 16.6 Å². The molecule has 1 aliphatic heterocycles. The van der Waals surface area contributed by atoms with Gasteiger partial charge in [-0.2, -0.15) is 5.10 Å². The van der Waals surface area contributed by atoms with E-state index in [-0.39, 0.29) is 12.0 Å². The average molecular weight is 343 g/mol. The van der Waals surface area contributed by atoms with Crippen molar-refractivity contribution < 1.29 is 14.3 Å². The Morgan fingerprint density at radius 3 is 2.88 bits per heavy atom. The molecule has 0 saturated carbocycles. The molecule has 1 fully saturated rings. The molecule has 134 valence electrons. The van der Waals surface area contributed by atoms with Gasteiger partial charge in [-0.1, -0.05) is 12.1 Å². The Hall–Kier alpha value is -2.34. The summed E-state index contributed by atoms with van der Waals surface area (Å²) in [5, 5.41) is 7.10. The third-order valence-corrected chi connectivity index (χ3v) is 4.26. The molecule has 6 nitrogen and oxygen atoms in total. The second kappa shape index (κ2) is 8.67. The molecular formula is C19H25N3O3. The first kappa shape index (κ1) is 17.5. The van der Waals surface area contributed by atoms with Crippen LogP contribution in [0.3, 0.4) is 0 Å². The third-order valence-electron chi connectivity index (χ3n) is 4.26. The van der Waals surface area contributed by atoms with Crippen LogP contribution in [0.2, 0.25) is 0 Å². The van der Waals surface area contributed by atoms with E-state index in [9.17, 15) is 4.79 Å². The number of hydrogen-bond donors (Lipinski definition) is 1. The first-order chi connectivity index (χ1) is 12.2. The van der Waals surface area contributed by atoms with E-state index in [1.54, 1.807) is 4.68 Å². The zero-order valence-electron chi connectivity index (χ0n) is 14.6. The molecular weight excluding hydrogens is 318 g/mol. The summed E-state index contributed by atoms with van der Waals surface area (Å²) in [6.07, 6.45) is 7.31. The molecule has 6 heteroatoms. The number of amides is 1. The van der Waals surface area contributed by atoms with Crippen LogP contribution >= 0.6 is 0 Å². The maximum Gasteiger partial charge on any atom is 0.220 e. The molecule has 1 aliphatic rings. The molecule has 1 aromatic heterocycles. The lowest BCUT2D eigenvalue weighted by molar-refractivity contribution is -0.121. The first-order valence-electron chi connectivity index (χ1n) is 8.81. The zero-order valence-corrected chi connectivity index (χ0v) is 14.6. The van der Waals surface area contributed by atoms with Gasteiger partial charge in [-0.15, -0.1) is 0 Å². The molecule has 25 heavy (non-hydrogen) atoms. The van der Waals surface area contributed by atoms with Crippen molar-refractivity contribution in [3.8, 4) is 16.9 Å². The molecule has 0 unspecified atom stereocenters. The van der Waals surface area contributed by atoms with Crippen LogP contribution in [0.4, 0.5) is 0 Å². The fourth-order valence-electron chi connectivity index (χ4n) is 2.86.